The highest BCUT2D eigenvalue weighted by atomic mass is 16.2. The van der Waals surface area contributed by atoms with E-state index < -0.39 is 0 Å². The monoisotopic (exact) mass is 205 g/mol. The molecule has 1 atom stereocenters. The molecule has 80 valence electrons. The summed E-state index contributed by atoms with van der Waals surface area (Å²) in [5.74, 6) is 0.421. The van der Waals surface area contributed by atoms with Gasteiger partial charge in [0.25, 0.3) is 0 Å². The van der Waals surface area contributed by atoms with Crippen molar-refractivity contribution in [2.24, 2.45) is 0 Å². The molecule has 4 heteroatoms. The lowest BCUT2D eigenvalue weighted by Gasteiger charge is -2.31. The van der Waals surface area contributed by atoms with Gasteiger partial charge in [0.2, 0.25) is 5.91 Å². The van der Waals surface area contributed by atoms with Crippen molar-refractivity contribution in [2.75, 3.05) is 13.1 Å². The molecule has 0 saturated carbocycles. The molecule has 1 aromatic rings. The predicted octanol–water partition coefficient (Wildman–Crippen LogP) is 1.30. The third-order valence-electron chi connectivity index (χ3n) is 2.87. The largest absolute Gasteiger partial charge is 0.339 e. The Kier molecular flexibility index (Phi) is 2.85. The number of likely N-dealkylation sites (tertiary alicyclic amines) is 1. The zero-order valence-electron chi connectivity index (χ0n) is 8.65. The molecule has 1 saturated heterocycles. The van der Waals surface area contributed by atoms with E-state index in [-0.39, 0.29) is 5.91 Å². The fourth-order valence-corrected chi connectivity index (χ4v) is 2.05. The zero-order valence-corrected chi connectivity index (χ0v) is 8.65. The van der Waals surface area contributed by atoms with Crippen molar-refractivity contribution in [3.8, 4) is 0 Å². The van der Waals surface area contributed by atoms with Crippen molar-refractivity contribution < 1.29 is 4.79 Å². The van der Waals surface area contributed by atoms with Crippen LogP contribution in [0, 0.1) is 0 Å². The zero-order chi connectivity index (χ0) is 10.7. The Hall–Kier alpha value is -1.58. The summed E-state index contributed by atoms with van der Waals surface area (Å²) in [4.78, 5) is 13.3. The molecule has 1 fully saturated rings. The van der Waals surface area contributed by atoms with E-state index in [2.05, 4.69) is 16.8 Å². The van der Waals surface area contributed by atoms with E-state index >= 15 is 0 Å². The molecule has 0 bridgehead atoms. The number of aromatic amines is 1. The van der Waals surface area contributed by atoms with E-state index in [1.165, 1.54) is 6.08 Å². The van der Waals surface area contributed by atoms with Crippen LogP contribution in [-0.2, 0) is 4.79 Å². The first-order chi connectivity index (χ1) is 7.31. The molecule has 0 aromatic carbocycles. The number of hydrogen-bond acceptors (Lipinski definition) is 2. The van der Waals surface area contributed by atoms with Crippen molar-refractivity contribution in [3.63, 3.8) is 0 Å². The quantitative estimate of drug-likeness (QED) is 0.740. The number of rotatable bonds is 2. The number of H-pyrrole nitrogens is 1. The minimum absolute atomic E-state index is 0.0271. The highest BCUT2D eigenvalue weighted by Gasteiger charge is 2.23. The number of piperidine rings is 1. The molecule has 1 aromatic heterocycles. The number of hydrogen-bond donors (Lipinski definition) is 1. The minimum Gasteiger partial charge on any atom is -0.339 e. The third kappa shape index (κ3) is 2.09. The summed E-state index contributed by atoms with van der Waals surface area (Å²) in [6.45, 7) is 5.13. The predicted molar refractivity (Wildman–Crippen MR) is 57.3 cm³/mol. The molecule has 2 rings (SSSR count). The van der Waals surface area contributed by atoms with E-state index in [4.69, 9.17) is 0 Å². The molecular weight excluding hydrogens is 190 g/mol. The summed E-state index contributed by atoms with van der Waals surface area (Å²) in [6, 6.07) is 1.98. The Morgan fingerprint density at radius 1 is 1.73 bits per heavy atom. The Balaban J connectivity index is 2.04. The average molecular weight is 205 g/mol. The molecule has 1 amide bonds. The van der Waals surface area contributed by atoms with Gasteiger partial charge in [-0.05, 0) is 25.0 Å². The van der Waals surface area contributed by atoms with Crippen molar-refractivity contribution in [1.29, 1.82) is 0 Å². The lowest BCUT2D eigenvalue weighted by molar-refractivity contribution is -0.127. The second-order valence-electron chi connectivity index (χ2n) is 3.84. The van der Waals surface area contributed by atoms with E-state index in [0.717, 1.165) is 31.6 Å². The molecule has 2 heterocycles. The van der Waals surface area contributed by atoms with Crippen molar-refractivity contribution >= 4 is 5.91 Å². The van der Waals surface area contributed by atoms with E-state index in [1.54, 1.807) is 6.20 Å². The molecule has 0 spiro atoms. The van der Waals surface area contributed by atoms with Gasteiger partial charge in [0.1, 0.15) is 0 Å². The molecule has 1 aliphatic heterocycles. The standard InChI is InChI=1S/C11H15N3O/c1-2-11(15)14-7-3-4-9(8-14)10-5-6-12-13-10/h2,5-6,9H,1,3-4,7-8H2,(H,12,13). The summed E-state index contributed by atoms with van der Waals surface area (Å²) in [7, 11) is 0. The van der Waals surface area contributed by atoms with Gasteiger partial charge in [-0.2, -0.15) is 5.10 Å². The summed E-state index contributed by atoms with van der Waals surface area (Å²) >= 11 is 0. The van der Waals surface area contributed by atoms with Gasteiger partial charge >= 0.3 is 0 Å². The summed E-state index contributed by atoms with van der Waals surface area (Å²) in [5, 5.41) is 6.91. The van der Waals surface area contributed by atoms with Crippen molar-refractivity contribution in [1.82, 2.24) is 15.1 Å². The first kappa shape index (κ1) is 9.96. The fourth-order valence-electron chi connectivity index (χ4n) is 2.05. The number of aromatic nitrogens is 2. The van der Waals surface area contributed by atoms with Crippen molar-refractivity contribution in [2.45, 2.75) is 18.8 Å². The van der Waals surface area contributed by atoms with Crippen LogP contribution < -0.4 is 0 Å². The molecule has 15 heavy (non-hydrogen) atoms. The highest BCUT2D eigenvalue weighted by molar-refractivity contribution is 5.87. The highest BCUT2D eigenvalue weighted by Crippen LogP contribution is 2.25. The maximum absolute atomic E-state index is 11.5. The number of amides is 1. The smallest absolute Gasteiger partial charge is 0.245 e. The van der Waals surface area contributed by atoms with Crippen LogP contribution in [0.2, 0.25) is 0 Å². The summed E-state index contributed by atoms with van der Waals surface area (Å²) in [5.41, 5.74) is 1.12. The first-order valence-corrected chi connectivity index (χ1v) is 5.22. The summed E-state index contributed by atoms with van der Waals surface area (Å²) in [6.07, 6.45) is 5.30. The molecule has 4 nitrogen and oxygen atoms in total. The van der Waals surface area contributed by atoms with Gasteiger partial charge in [0, 0.05) is 30.9 Å². The van der Waals surface area contributed by atoms with Crippen LogP contribution in [0.5, 0.6) is 0 Å². The molecule has 1 N–H and O–H groups in total. The topological polar surface area (TPSA) is 49.0 Å². The van der Waals surface area contributed by atoms with E-state index in [1.807, 2.05) is 11.0 Å². The maximum atomic E-state index is 11.5. The second kappa shape index (κ2) is 4.29. The number of carbonyl (C=O) groups is 1. The minimum atomic E-state index is 0.0271. The Labute approximate surface area is 89.0 Å². The maximum Gasteiger partial charge on any atom is 0.245 e. The van der Waals surface area contributed by atoms with E-state index in [9.17, 15) is 4.79 Å². The SMILES string of the molecule is C=CC(=O)N1CCCC(c2ccn[nH]2)C1. The molecule has 0 radical (unpaired) electrons. The summed E-state index contributed by atoms with van der Waals surface area (Å²) < 4.78 is 0. The van der Waals surface area contributed by atoms with Gasteiger partial charge in [-0.1, -0.05) is 6.58 Å². The Morgan fingerprint density at radius 2 is 2.60 bits per heavy atom. The van der Waals surface area contributed by atoms with Crippen LogP contribution in [0.1, 0.15) is 24.5 Å². The average Bonchev–Trinajstić information content (AvgIpc) is 2.82. The molecule has 0 aliphatic carbocycles. The van der Waals surface area contributed by atoms with Crippen LogP contribution in [0.25, 0.3) is 0 Å². The third-order valence-corrected chi connectivity index (χ3v) is 2.87. The normalized spacial score (nSPS) is 21.3. The molecular formula is C11H15N3O. The van der Waals surface area contributed by atoms with E-state index in [0.29, 0.717) is 5.92 Å². The van der Waals surface area contributed by atoms with Crippen LogP contribution in [0.4, 0.5) is 0 Å². The lowest BCUT2D eigenvalue weighted by atomic mass is 9.95. The number of carbonyl (C=O) groups excluding carboxylic acids is 1. The van der Waals surface area contributed by atoms with Gasteiger partial charge in [-0.3, -0.25) is 9.89 Å². The fraction of sp³-hybridized carbons (Fsp3) is 0.455. The van der Waals surface area contributed by atoms with Crippen LogP contribution in [0.15, 0.2) is 24.9 Å². The molecule has 1 unspecified atom stereocenters. The van der Waals surface area contributed by atoms with Gasteiger partial charge in [-0.25, -0.2) is 0 Å². The number of nitrogens with one attached hydrogen (secondary N) is 1. The van der Waals surface area contributed by atoms with Crippen LogP contribution in [0.3, 0.4) is 0 Å². The molecule has 1 aliphatic rings. The van der Waals surface area contributed by atoms with Gasteiger partial charge < -0.3 is 4.90 Å². The van der Waals surface area contributed by atoms with Crippen molar-refractivity contribution in [3.05, 3.63) is 30.6 Å². The Bertz CT molecular complexity index is 345. The van der Waals surface area contributed by atoms with Gasteiger partial charge in [-0.15, -0.1) is 0 Å². The van der Waals surface area contributed by atoms with Gasteiger partial charge in [0.15, 0.2) is 0 Å². The number of nitrogens with zero attached hydrogens (tertiary/aromatic N) is 2. The lowest BCUT2D eigenvalue weighted by Crippen LogP contribution is -2.38. The first-order valence-electron chi connectivity index (χ1n) is 5.22. The second-order valence-corrected chi connectivity index (χ2v) is 3.84. The van der Waals surface area contributed by atoms with Crippen LogP contribution >= 0.6 is 0 Å². The van der Waals surface area contributed by atoms with Crippen LogP contribution in [-0.4, -0.2) is 34.1 Å². The van der Waals surface area contributed by atoms with Gasteiger partial charge in [0.05, 0.1) is 0 Å². The Morgan fingerprint density at radius 3 is 3.27 bits per heavy atom.